The summed E-state index contributed by atoms with van der Waals surface area (Å²) in [7, 11) is 0. The normalized spacial score (nSPS) is 32.8. The summed E-state index contributed by atoms with van der Waals surface area (Å²) in [4.78, 5) is 4.78. The van der Waals surface area contributed by atoms with Crippen LogP contribution in [0.5, 0.6) is 0 Å². The average Bonchev–Trinajstić information content (AvgIpc) is 2.78. The first-order valence-corrected chi connectivity index (χ1v) is 8.71. The maximum Gasteiger partial charge on any atom is 0.156 e. The van der Waals surface area contributed by atoms with Crippen LogP contribution >= 0.6 is 23.5 Å². The topological polar surface area (TPSA) is 24.4 Å². The van der Waals surface area contributed by atoms with E-state index in [-0.39, 0.29) is 0 Å². The first-order chi connectivity index (χ1) is 8.05. The molecule has 2 aliphatic heterocycles. The number of rotatable bonds is 2. The summed E-state index contributed by atoms with van der Waals surface area (Å²) in [6.45, 7) is 7.96. The van der Waals surface area contributed by atoms with E-state index in [2.05, 4.69) is 37.8 Å². The third kappa shape index (κ3) is 4.09. The monoisotopic (exact) mass is 272 g/mol. The Labute approximate surface area is 114 Å². The number of thioether (sulfide) groups is 2. The van der Waals surface area contributed by atoms with Gasteiger partial charge in [0, 0.05) is 18.3 Å². The Morgan fingerprint density at radius 3 is 2.76 bits per heavy atom. The van der Waals surface area contributed by atoms with Gasteiger partial charge in [-0.15, -0.1) is 0 Å². The van der Waals surface area contributed by atoms with Gasteiger partial charge >= 0.3 is 0 Å². The van der Waals surface area contributed by atoms with Gasteiger partial charge in [-0.05, 0) is 35.7 Å². The standard InChI is InChI=1S/C13H24N2S2/c1-13(2,3)11-5-7-17-12(15-11)14-8-10-4-6-16-9-10/h10-11H,4-9H2,1-3H3,(H,14,15). The zero-order valence-electron chi connectivity index (χ0n) is 11.2. The van der Waals surface area contributed by atoms with Crippen molar-refractivity contribution in [1.29, 1.82) is 0 Å². The number of amidine groups is 1. The molecule has 0 amide bonds. The lowest BCUT2D eigenvalue weighted by molar-refractivity contribution is 0.290. The van der Waals surface area contributed by atoms with Gasteiger partial charge in [0.25, 0.3) is 0 Å². The molecule has 17 heavy (non-hydrogen) atoms. The van der Waals surface area contributed by atoms with E-state index in [4.69, 9.17) is 4.99 Å². The van der Waals surface area contributed by atoms with Crippen molar-refractivity contribution in [3.63, 3.8) is 0 Å². The number of nitrogens with one attached hydrogen (secondary N) is 1. The molecule has 2 nitrogen and oxygen atoms in total. The van der Waals surface area contributed by atoms with Crippen molar-refractivity contribution in [3.05, 3.63) is 0 Å². The van der Waals surface area contributed by atoms with Gasteiger partial charge in [0.15, 0.2) is 5.17 Å². The van der Waals surface area contributed by atoms with Gasteiger partial charge in [0.2, 0.25) is 0 Å². The molecule has 2 aliphatic rings. The van der Waals surface area contributed by atoms with E-state index in [9.17, 15) is 0 Å². The van der Waals surface area contributed by atoms with Crippen LogP contribution in [-0.4, -0.2) is 35.0 Å². The van der Waals surface area contributed by atoms with Crippen molar-refractivity contribution in [2.45, 2.75) is 39.7 Å². The fourth-order valence-corrected chi connectivity index (χ4v) is 4.43. The van der Waals surface area contributed by atoms with Crippen molar-refractivity contribution in [1.82, 2.24) is 5.32 Å². The van der Waals surface area contributed by atoms with Gasteiger partial charge in [-0.2, -0.15) is 11.8 Å². The van der Waals surface area contributed by atoms with E-state index in [0.717, 1.165) is 12.5 Å². The van der Waals surface area contributed by atoms with Crippen LogP contribution in [0.25, 0.3) is 0 Å². The minimum atomic E-state index is 0.338. The second kappa shape index (κ2) is 5.87. The molecule has 0 aromatic rings. The highest BCUT2D eigenvalue weighted by Gasteiger charge is 2.28. The average molecular weight is 272 g/mol. The van der Waals surface area contributed by atoms with Crippen LogP contribution in [0.1, 0.15) is 33.6 Å². The predicted molar refractivity (Wildman–Crippen MR) is 81.2 cm³/mol. The Hall–Kier alpha value is 0.170. The lowest BCUT2D eigenvalue weighted by atomic mass is 9.85. The SMILES string of the molecule is CC(C)(C)C1CCSC(=NCC2CCSC2)N1. The van der Waals surface area contributed by atoms with E-state index < -0.39 is 0 Å². The Morgan fingerprint density at radius 2 is 2.12 bits per heavy atom. The number of hydrogen-bond donors (Lipinski definition) is 1. The van der Waals surface area contributed by atoms with E-state index >= 15 is 0 Å². The summed E-state index contributed by atoms with van der Waals surface area (Å²) in [6, 6.07) is 0.584. The molecule has 1 N–H and O–H groups in total. The lowest BCUT2D eigenvalue weighted by Crippen LogP contribution is -2.46. The molecule has 2 unspecified atom stereocenters. The predicted octanol–water partition coefficient (Wildman–Crippen LogP) is 3.24. The van der Waals surface area contributed by atoms with Gasteiger partial charge in [0.05, 0.1) is 0 Å². The quantitative estimate of drug-likeness (QED) is 0.835. The van der Waals surface area contributed by atoms with Gasteiger partial charge < -0.3 is 5.32 Å². The summed E-state index contributed by atoms with van der Waals surface area (Å²) < 4.78 is 0. The van der Waals surface area contributed by atoms with Crippen molar-refractivity contribution >= 4 is 28.7 Å². The molecule has 0 saturated carbocycles. The smallest absolute Gasteiger partial charge is 0.156 e. The van der Waals surface area contributed by atoms with Crippen molar-refractivity contribution in [2.75, 3.05) is 23.8 Å². The highest BCUT2D eigenvalue weighted by molar-refractivity contribution is 8.13. The van der Waals surface area contributed by atoms with Crippen LogP contribution < -0.4 is 5.32 Å². The van der Waals surface area contributed by atoms with Gasteiger partial charge in [-0.25, -0.2) is 0 Å². The fraction of sp³-hybridized carbons (Fsp3) is 0.923. The molecule has 0 bridgehead atoms. The minimum absolute atomic E-state index is 0.338. The summed E-state index contributed by atoms with van der Waals surface area (Å²) in [6.07, 6.45) is 2.61. The molecule has 2 heterocycles. The second-order valence-electron chi connectivity index (χ2n) is 6.08. The van der Waals surface area contributed by atoms with E-state index in [1.165, 1.54) is 35.3 Å². The summed E-state index contributed by atoms with van der Waals surface area (Å²) in [5.74, 6) is 4.68. The number of hydrogen-bond acceptors (Lipinski definition) is 3. The van der Waals surface area contributed by atoms with Gasteiger partial charge in [0.1, 0.15) is 0 Å². The molecule has 2 saturated heterocycles. The Bertz CT molecular complexity index is 278. The van der Waals surface area contributed by atoms with E-state index in [1.807, 2.05) is 11.8 Å². The van der Waals surface area contributed by atoms with Crippen LogP contribution in [-0.2, 0) is 0 Å². The number of aliphatic imine (C=N–C) groups is 1. The molecule has 0 aromatic heterocycles. The fourth-order valence-electron chi connectivity index (χ4n) is 2.22. The van der Waals surface area contributed by atoms with Crippen LogP contribution in [0.15, 0.2) is 4.99 Å². The molecular weight excluding hydrogens is 248 g/mol. The van der Waals surface area contributed by atoms with Crippen LogP contribution in [0.2, 0.25) is 0 Å². The minimum Gasteiger partial charge on any atom is -0.362 e. The summed E-state index contributed by atoms with van der Waals surface area (Å²) >= 11 is 3.98. The molecular formula is C13H24N2S2. The highest BCUT2D eigenvalue weighted by atomic mass is 32.2. The maximum absolute atomic E-state index is 4.78. The van der Waals surface area contributed by atoms with Crippen LogP contribution in [0, 0.1) is 11.3 Å². The molecule has 4 heteroatoms. The third-order valence-corrected chi connectivity index (χ3v) is 5.70. The van der Waals surface area contributed by atoms with Crippen LogP contribution in [0.3, 0.4) is 0 Å². The molecule has 98 valence electrons. The largest absolute Gasteiger partial charge is 0.362 e. The van der Waals surface area contributed by atoms with Gasteiger partial charge in [-0.1, -0.05) is 32.5 Å². The Balaban J connectivity index is 1.85. The zero-order chi connectivity index (χ0) is 12.3. The van der Waals surface area contributed by atoms with Crippen molar-refractivity contribution in [3.8, 4) is 0 Å². The zero-order valence-corrected chi connectivity index (χ0v) is 12.8. The summed E-state index contributed by atoms with van der Waals surface area (Å²) in [5.41, 5.74) is 0.338. The molecule has 0 radical (unpaired) electrons. The molecule has 2 atom stereocenters. The van der Waals surface area contributed by atoms with Gasteiger partial charge in [-0.3, -0.25) is 4.99 Å². The molecule has 0 spiro atoms. The first-order valence-electron chi connectivity index (χ1n) is 6.57. The third-order valence-electron chi connectivity index (χ3n) is 3.51. The molecule has 0 aromatic carbocycles. The van der Waals surface area contributed by atoms with E-state index in [0.29, 0.717) is 11.5 Å². The summed E-state index contributed by atoms with van der Waals surface area (Å²) in [5, 5.41) is 4.81. The lowest BCUT2D eigenvalue weighted by Gasteiger charge is -2.35. The Kier molecular flexibility index (Phi) is 4.70. The highest BCUT2D eigenvalue weighted by Crippen LogP contribution is 2.28. The Morgan fingerprint density at radius 1 is 1.29 bits per heavy atom. The second-order valence-corrected chi connectivity index (χ2v) is 8.31. The van der Waals surface area contributed by atoms with Crippen LogP contribution in [0.4, 0.5) is 0 Å². The molecule has 2 rings (SSSR count). The molecule has 2 fully saturated rings. The molecule has 0 aliphatic carbocycles. The van der Waals surface area contributed by atoms with Crippen molar-refractivity contribution in [2.24, 2.45) is 16.3 Å². The first kappa shape index (κ1) is 13.6. The van der Waals surface area contributed by atoms with Crippen molar-refractivity contribution < 1.29 is 0 Å². The maximum atomic E-state index is 4.78. The van der Waals surface area contributed by atoms with E-state index in [1.54, 1.807) is 0 Å². The number of nitrogens with zero attached hydrogens (tertiary/aromatic N) is 1.